The van der Waals surface area contributed by atoms with Crippen LogP contribution in [0.4, 0.5) is 0 Å². The number of nitrogens with zero attached hydrogens (tertiary/aromatic N) is 1. The van der Waals surface area contributed by atoms with Crippen LogP contribution in [0.3, 0.4) is 0 Å². The van der Waals surface area contributed by atoms with Crippen LogP contribution < -0.4 is 5.73 Å². The maximum atomic E-state index is 5.52. The van der Waals surface area contributed by atoms with Gasteiger partial charge >= 0.3 is 0 Å². The Labute approximate surface area is 80.6 Å². The third-order valence-corrected chi connectivity index (χ3v) is 2.81. The standard InChI is InChI=1S/C9H11N3S/c1-6-4-11-9(12-6)8-2-7(3-10)5-13-8/h2,4-5H,3,10H2,1H3,(H,11,12). The molecule has 2 aromatic rings. The lowest BCUT2D eigenvalue weighted by molar-refractivity contribution is 1.08. The van der Waals surface area contributed by atoms with Crippen LogP contribution in [-0.2, 0) is 6.54 Å². The van der Waals surface area contributed by atoms with E-state index >= 15 is 0 Å². The Bertz CT molecular complexity index is 402. The fourth-order valence-electron chi connectivity index (χ4n) is 1.14. The Balaban J connectivity index is 2.35. The second-order valence-electron chi connectivity index (χ2n) is 2.94. The maximum absolute atomic E-state index is 5.52. The fraction of sp³-hybridized carbons (Fsp3) is 0.222. The molecule has 13 heavy (non-hydrogen) atoms. The van der Waals surface area contributed by atoms with Crippen LogP contribution in [0.25, 0.3) is 10.7 Å². The van der Waals surface area contributed by atoms with Gasteiger partial charge in [0.2, 0.25) is 0 Å². The molecule has 3 nitrogen and oxygen atoms in total. The van der Waals surface area contributed by atoms with E-state index in [0.29, 0.717) is 6.54 Å². The molecule has 0 unspecified atom stereocenters. The van der Waals surface area contributed by atoms with Gasteiger partial charge in [-0.15, -0.1) is 11.3 Å². The van der Waals surface area contributed by atoms with Gasteiger partial charge in [-0.3, -0.25) is 0 Å². The van der Waals surface area contributed by atoms with Crippen molar-refractivity contribution in [2.24, 2.45) is 5.73 Å². The quantitative estimate of drug-likeness (QED) is 0.765. The summed E-state index contributed by atoms with van der Waals surface area (Å²) in [4.78, 5) is 8.58. The van der Waals surface area contributed by atoms with Crippen molar-refractivity contribution in [2.75, 3.05) is 0 Å². The predicted octanol–water partition coefficient (Wildman–Crippen LogP) is 1.91. The van der Waals surface area contributed by atoms with Crippen LogP contribution in [0.1, 0.15) is 11.3 Å². The van der Waals surface area contributed by atoms with E-state index in [1.54, 1.807) is 11.3 Å². The molecule has 3 N–H and O–H groups in total. The van der Waals surface area contributed by atoms with Gasteiger partial charge in [-0.25, -0.2) is 4.98 Å². The van der Waals surface area contributed by atoms with Gasteiger partial charge in [0.05, 0.1) is 4.88 Å². The zero-order chi connectivity index (χ0) is 9.26. The molecule has 0 aliphatic carbocycles. The molecule has 0 atom stereocenters. The van der Waals surface area contributed by atoms with E-state index in [4.69, 9.17) is 5.73 Å². The molecule has 0 bridgehead atoms. The van der Waals surface area contributed by atoms with Gasteiger partial charge in [-0.2, -0.15) is 0 Å². The molecule has 68 valence electrons. The van der Waals surface area contributed by atoms with Gasteiger partial charge < -0.3 is 10.7 Å². The van der Waals surface area contributed by atoms with E-state index in [2.05, 4.69) is 21.4 Å². The number of thiophene rings is 1. The third-order valence-electron chi connectivity index (χ3n) is 1.83. The Morgan fingerprint density at radius 3 is 3.00 bits per heavy atom. The van der Waals surface area contributed by atoms with Crippen molar-refractivity contribution in [1.82, 2.24) is 9.97 Å². The lowest BCUT2D eigenvalue weighted by Gasteiger charge is -1.88. The Hall–Kier alpha value is -1.13. The summed E-state index contributed by atoms with van der Waals surface area (Å²) in [6.45, 7) is 2.59. The Kier molecular flexibility index (Phi) is 2.16. The van der Waals surface area contributed by atoms with Crippen LogP contribution in [0.5, 0.6) is 0 Å². The summed E-state index contributed by atoms with van der Waals surface area (Å²) >= 11 is 1.67. The zero-order valence-corrected chi connectivity index (χ0v) is 8.19. The average molecular weight is 193 g/mol. The molecule has 0 amide bonds. The summed E-state index contributed by atoms with van der Waals surface area (Å²) in [5.41, 5.74) is 7.76. The molecule has 0 aliphatic rings. The zero-order valence-electron chi connectivity index (χ0n) is 7.37. The van der Waals surface area contributed by atoms with E-state index in [1.807, 2.05) is 13.1 Å². The van der Waals surface area contributed by atoms with Crippen LogP contribution in [0, 0.1) is 6.92 Å². The minimum atomic E-state index is 0.593. The monoisotopic (exact) mass is 193 g/mol. The molecule has 0 aliphatic heterocycles. The smallest absolute Gasteiger partial charge is 0.147 e. The molecule has 0 aromatic carbocycles. The van der Waals surface area contributed by atoms with E-state index in [-0.39, 0.29) is 0 Å². The first-order valence-corrected chi connectivity index (χ1v) is 4.97. The molecule has 0 saturated heterocycles. The number of aromatic amines is 1. The summed E-state index contributed by atoms with van der Waals surface area (Å²) < 4.78 is 0. The molecule has 2 aromatic heterocycles. The minimum absolute atomic E-state index is 0.593. The van der Waals surface area contributed by atoms with Crippen molar-refractivity contribution in [3.8, 4) is 10.7 Å². The first kappa shape index (κ1) is 8.47. The highest BCUT2D eigenvalue weighted by molar-refractivity contribution is 7.13. The van der Waals surface area contributed by atoms with Crippen LogP contribution >= 0.6 is 11.3 Å². The molecule has 0 radical (unpaired) electrons. The van der Waals surface area contributed by atoms with Gasteiger partial charge in [0.25, 0.3) is 0 Å². The predicted molar refractivity (Wildman–Crippen MR) is 54.5 cm³/mol. The first-order chi connectivity index (χ1) is 6.29. The molecular weight excluding hydrogens is 182 g/mol. The summed E-state index contributed by atoms with van der Waals surface area (Å²) in [6, 6.07) is 2.07. The van der Waals surface area contributed by atoms with E-state index < -0.39 is 0 Å². The number of H-pyrrole nitrogens is 1. The highest BCUT2D eigenvalue weighted by Crippen LogP contribution is 2.24. The number of nitrogens with two attached hydrogens (primary N) is 1. The van der Waals surface area contributed by atoms with Crippen molar-refractivity contribution >= 4 is 11.3 Å². The van der Waals surface area contributed by atoms with Gasteiger partial charge in [0, 0.05) is 18.4 Å². The summed E-state index contributed by atoms with van der Waals surface area (Å²) in [5.74, 6) is 0.933. The number of rotatable bonds is 2. The Morgan fingerprint density at radius 2 is 2.46 bits per heavy atom. The average Bonchev–Trinajstić information content (AvgIpc) is 2.71. The number of hydrogen-bond donors (Lipinski definition) is 2. The lowest BCUT2D eigenvalue weighted by atomic mass is 10.3. The van der Waals surface area contributed by atoms with Crippen molar-refractivity contribution in [2.45, 2.75) is 13.5 Å². The van der Waals surface area contributed by atoms with Crippen molar-refractivity contribution < 1.29 is 0 Å². The highest BCUT2D eigenvalue weighted by atomic mass is 32.1. The minimum Gasteiger partial charge on any atom is -0.341 e. The topological polar surface area (TPSA) is 54.7 Å². The maximum Gasteiger partial charge on any atom is 0.147 e. The van der Waals surface area contributed by atoms with Crippen molar-refractivity contribution in [3.63, 3.8) is 0 Å². The molecule has 4 heteroatoms. The number of aromatic nitrogens is 2. The first-order valence-electron chi connectivity index (χ1n) is 4.09. The molecule has 0 fully saturated rings. The molecule has 0 spiro atoms. The normalized spacial score (nSPS) is 10.6. The van der Waals surface area contributed by atoms with E-state index in [9.17, 15) is 0 Å². The number of aryl methyl sites for hydroxylation is 1. The second-order valence-corrected chi connectivity index (χ2v) is 3.85. The van der Waals surface area contributed by atoms with Gasteiger partial charge in [0.1, 0.15) is 5.82 Å². The van der Waals surface area contributed by atoms with E-state index in [1.165, 1.54) is 0 Å². The molecular formula is C9H11N3S. The molecule has 0 saturated carbocycles. The van der Waals surface area contributed by atoms with Crippen LogP contribution in [0.15, 0.2) is 17.6 Å². The number of nitrogens with one attached hydrogen (secondary N) is 1. The highest BCUT2D eigenvalue weighted by Gasteiger charge is 2.04. The van der Waals surface area contributed by atoms with Gasteiger partial charge in [-0.05, 0) is 23.9 Å². The molecule has 2 heterocycles. The van der Waals surface area contributed by atoms with Crippen LogP contribution in [0.2, 0.25) is 0 Å². The fourth-order valence-corrected chi connectivity index (χ4v) is 2.02. The summed E-state index contributed by atoms with van der Waals surface area (Å²) in [5, 5.41) is 2.06. The largest absolute Gasteiger partial charge is 0.341 e. The van der Waals surface area contributed by atoms with Gasteiger partial charge in [-0.1, -0.05) is 0 Å². The summed E-state index contributed by atoms with van der Waals surface area (Å²) in [7, 11) is 0. The SMILES string of the molecule is Cc1cnc(-c2cc(CN)cs2)[nH]1. The number of hydrogen-bond acceptors (Lipinski definition) is 3. The van der Waals surface area contributed by atoms with E-state index in [0.717, 1.165) is 22.0 Å². The lowest BCUT2D eigenvalue weighted by Crippen LogP contribution is -1.92. The number of imidazole rings is 1. The molecule has 2 rings (SSSR count). The third kappa shape index (κ3) is 1.64. The summed E-state index contributed by atoms with van der Waals surface area (Å²) in [6.07, 6.45) is 1.83. The van der Waals surface area contributed by atoms with Gasteiger partial charge in [0.15, 0.2) is 0 Å². The Morgan fingerprint density at radius 1 is 1.62 bits per heavy atom. The van der Waals surface area contributed by atoms with Crippen molar-refractivity contribution in [3.05, 3.63) is 28.9 Å². The van der Waals surface area contributed by atoms with Crippen molar-refractivity contribution in [1.29, 1.82) is 0 Å². The second kappa shape index (κ2) is 3.32. The van der Waals surface area contributed by atoms with Crippen LogP contribution in [-0.4, -0.2) is 9.97 Å².